The Morgan fingerprint density at radius 3 is 2.41 bits per heavy atom. The maximum Gasteiger partial charge on any atom is 0.251 e. The van der Waals surface area contributed by atoms with Crippen molar-refractivity contribution in [3.8, 4) is 11.4 Å². The molecule has 6 nitrogen and oxygen atoms in total. The molecule has 37 heavy (non-hydrogen) atoms. The van der Waals surface area contributed by atoms with E-state index >= 15 is 0 Å². The lowest BCUT2D eigenvalue weighted by Gasteiger charge is -2.60. The number of hydrogen-bond acceptors (Lipinski definition) is 3. The number of carbonyl (C=O) groups is 2. The fraction of sp³-hybridized carbons (Fsp3) is 0.516. The molecule has 0 radical (unpaired) electrons. The van der Waals surface area contributed by atoms with Crippen molar-refractivity contribution < 1.29 is 9.59 Å². The molecule has 1 heterocycles. The number of carbonyl (C=O) groups excluding carboxylic acids is 2. The summed E-state index contributed by atoms with van der Waals surface area (Å²) in [6, 6.07) is 13.8. The third kappa shape index (κ3) is 4.14. The molecule has 192 valence electrons. The Morgan fingerprint density at radius 1 is 0.973 bits per heavy atom. The number of aromatic amines is 1. The van der Waals surface area contributed by atoms with Crippen molar-refractivity contribution in [2.24, 2.45) is 22.7 Å². The topological polar surface area (TPSA) is 86.9 Å². The van der Waals surface area contributed by atoms with Crippen LogP contribution in [0.2, 0.25) is 0 Å². The quantitative estimate of drug-likeness (QED) is 0.379. The predicted molar refractivity (Wildman–Crippen MR) is 145 cm³/mol. The van der Waals surface area contributed by atoms with Crippen molar-refractivity contribution in [2.45, 2.75) is 77.2 Å². The van der Waals surface area contributed by atoms with Crippen LogP contribution in [0.15, 0.2) is 42.5 Å². The van der Waals surface area contributed by atoms with Crippen molar-refractivity contribution in [2.75, 3.05) is 5.32 Å². The molecule has 0 aliphatic heterocycles. The standard InChI is InChI=1S/C31H36N4O2/c1-30-14-19-12-20(15-30)17-31(16-19,18-30)29(37)33-24-10-11-25-26(13-24)35-27(34-25)21-6-8-22(9-7-21)28(36)32-23-4-2-3-5-23/h6-11,13,19-20,23H,2-5,12,14-18H2,1H3,(H,32,36)(H,33,37)(H,34,35)/t19-,20+,30?,31?. The summed E-state index contributed by atoms with van der Waals surface area (Å²) in [5.41, 5.74) is 4.34. The van der Waals surface area contributed by atoms with E-state index in [1.807, 2.05) is 42.5 Å². The van der Waals surface area contributed by atoms with Crippen LogP contribution in [0.25, 0.3) is 22.4 Å². The van der Waals surface area contributed by atoms with E-state index in [0.717, 1.165) is 72.0 Å². The molecule has 4 atom stereocenters. The third-order valence-corrected chi connectivity index (χ3v) is 9.69. The molecule has 2 amide bonds. The van der Waals surface area contributed by atoms with E-state index in [-0.39, 0.29) is 17.2 Å². The molecule has 0 spiro atoms. The van der Waals surface area contributed by atoms with Crippen LogP contribution in [0.3, 0.4) is 0 Å². The number of anilines is 1. The number of nitrogens with zero attached hydrogens (tertiary/aromatic N) is 1. The van der Waals surface area contributed by atoms with E-state index in [2.05, 4.69) is 22.5 Å². The first-order valence-corrected chi connectivity index (χ1v) is 14.1. The van der Waals surface area contributed by atoms with E-state index in [9.17, 15) is 9.59 Å². The fourth-order valence-electron chi connectivity index (χ4n) is 8.59. The first-order valence-electron chi connectivity index (χ1n) is 14.1. The zero-order valence-electron chi connectivity index (χ0n) is 21.6. The van der Waals surface area contributed by atoms with Gasteiger partial charge >= 0.3 is 0 Å². The summed E-state index contributed by atoms with van der Waals surface area (Å²) in [5, 5.41) is 6.42. The van der Waals surface area contributed by atoms with Gasteiger partial charge in [-0.15, -0.1) is 0 Å². The van der Waals surface area contributed by atoms with Gasteiger partial charge in [-0.2, -0.15) is 0 Å². The van der Waals surface area contributed by atoms with Gasteiger partial charge in [0.05, 0.1) is 16.4 Å². The van der Waals surface area contributed by atoms with Crippen LogP contribution in [-0.4, -0.2) is 27.8 Å². The first-order chi connectivity index (χ1) is 17.9. The van der Waals surface area contributed by atoms with Crippen molar-refractivity contribution in [3.63, 3.8) is 0 Å². The molecular weight excluding hydrogens is 460 g/mol. The lowest BCUT2D eigenvalue weighted by Crippen LogP contribution is -2.55. The zero-order chi connectivity index (χ0) is 25.2. The SMILES string of the molecule is CC12C[C@H]3C[C@@H](C1)CC(C(=O)Nc1ccc4nc(-c5ccc(C(=O)NC6CCCC6)cc5)[nH]c4c1)(C3)C2. The van der Waals surface area contributed by atoms with E-state index in [1.165, 1.54) is 32.1 Å². The lowest BCUT2D eigenvalue weighted by molar-refractivity contribution is -0.149. The van der Waals surface area contributed by atoms with E-state index in [0.29, 0.717) is 17.0 Å². The monoisotopic (exact) mass is 496 g/mol. The average Bonchev–Trinajstić information content (AvgIpc) is 3.52. The van der Waals surface area contributed by atoms with Gasteiger partial charge in [0.15, 0.2) is 0 Å². The number of imidazole rings is 1. The molecule has 2 unspecified atom stereocenters. The second kappa shape index (κ2) is 8.44. The van der Waals surface area contributed by atoms with Crippen molar-refractivity contribution in [1.29, 1.82) is 0 Å². The minimum atomic E-state index is -0.196. The predicted octanol–water partition coefficient (Wildman–Crippen LogP) is 6.45. The average molecular weight is 497 g/mol. The Kier molecular flexibility index (Phi) is 5.24. The second-order valence-electron chi connectivity index (χ2n) is 12.9. The van der Waals surface area contributed by atoms with Gasteiger partial charge in [-0.3, -0.25) is 9.59 Å². The Morgan fingerprint density at radius 2 is 1.70 bits per heavy atom. The smallest absolute Gasteiger partial charge is 0.251 e. The highest BCUT2D eigenvalue weighted by Crippen LogP contribution is 2.65. The van der Waals surface area contributed by atoms with E-state index < -0.39 is 0 Å². The Labute approximate surface area is 218 Å². The first kappa shape index (κ1) is 23.0. The highest BCUT2D eigenvalue weighted by molar-refractivity contribution is 5.97. The van der Waals surface area contributed by atoms with Gasteiger partial charge in [0, 0.05) is 22.9 Å². The van der Waals surface area contributed by atoms with Crippen LogP contribution in [0.1, 0.15) is 81.5 Å². The zero-order valence-corrected chi connectivity index (χ0v) is 21.6. The van der Waals surface area contributed by atoms with Crippen LogP contribution in [-0.2, 0) is 4.79 Å². The summed E-state index contributed by atoms with van der Waals surface area (Å²) < 4.78 is 0. The Balaban J connectivity index is 1.07. The van der Waals surface area contributed by atoms with Gasteiger partial charge in [0.2, 0.25) is 5.91 Å². The number of hydrogen-bond donors (Lipinski definition) is 3. The van der Waals surface area contributed by atoms with Crippen molar-refractivity contribution in [1.82, 2.24) is 15.3 Å². The van der Waals surface area contributed by atoms with Crippen LogP contribution >= 0.6 is 0 Å². The fourth-order valence-corrected chi connectivity index (χ4v) is 8.59. The number of rotatable bonds is 5. The normalized spacial score (nSPS) is 30.6. The van der Waals surface area contributed by atoms with E-state index in [4.69, 9.17) is 4.98 Å². The summed E-state index contributed by atoms with van der Waals surface area (Å²) in [4.78, 5) is 34.3. The molecule has 4 bridgehead atoms. The Hall–Kier alpha value is -3.15. The molecule has 5 fully saturated rings. The molecule has 5 aliphatic carbocycles. The number of benzene rings is 2. The lowest BCUT2D eigenvalue weighted by atomic mass is 9.44. The molecule has 5 saturated carbocycles. The molecule has 0 saturated heterocycles. The van der Waals surface area contributed by atoms with Gasteiger partial charge < -0.3 is 15.6 Å². The van der Waals surface area contributed by atoms with Crippen LogP contribution in [0.4, 0.5) is 5.69 Å². The molecule has 6 heteroatoms. The number of nitrogens with one attached hydrogen (secondary N) is 3. The summed E-state index contributed by atoms with van der Waals surface area (Å²) >= 11 is 0. The summed E-state index contributed by atoms with van der Waals surface area (Å²) in [5.74, 6) is 2.40. The number of H-pyrrole nitrogens is 1. The van der Waals surface area contributed by atoms with Crippen molar-refractivity contribution >= 4 is 28.5 Å². The Bertz CT molecular complexity index is 1350. The van der Waals surface area contributed by atoms with Gasteiger partial charge in [0.25, 0.3) is 5.91 Å². The minimum absolute atomic E-state index is 0.00328. The molecule has 1 aromatic heterocycles. The van der Waals surface area contributed by atoms with Gasteiger partial charge in [-0.1, -0.05) is 31.9 Å². The molecule has 3 aromatic rings. The number of aromatic nitrogens is 2. The summed E-state index contributed by atoms with van der Waals surface area (Å²) in [6.07, 6.45) is 11.6. The molecule has 8 rings (SSSR count). The van der Waals surface area contributed by atoms with Crippen LogP contribution in [0.5, 0.6) is 0 Å². The summed E-state index contributed by atoms with van der Waals surface area (Å²) in [6.45, 7) is 2.40. The van der Waals surface area contributed by atoms with Crippen molar-refractivity contribution in [3.05, 3.63) is 48.0 Å². The highest BCUT2D eigenvalue weighted by atomic mass is 16.2. The van der Waals surface area contributed by atoms with Crippen LogP contribution < -0.4 is 10.6 Å². The van der Waals surface area contributed by atoms with Crippen LogP contribution in [0, 0.1) is 22.7 Å². The maximum atomic E-state index is 13.6. The number of amides is 2. The van der Waals surface area contributed by atoms with Gasteiger partial charge in [0.1, 0.15) is 5.82 Å². The molecule has 2 aromatic carbocycles. The van der Waals surface area contributed by atoms with E-state index in [1.54, 1.807) is 0 Å². The second-order valence-corrected chi connectivity index (χ2v) is 12.9. The summed E-state index contributed by atoms with van der Waals surface area (Å²) in [7, 11) is 0. The maximum absolute atomic E-state index is 13.6. The highest BCUT2D eigenvalue weighted by Gasteiger charge is 2.58. The van der Waals surface area contributed by atoms with Gasteiger partial charge in [-0.05, 0) is 98.9 Å². The molecule has 5 aliphatic rings. The third-order valence-electron chi connectivity index (χ3n) is 9.69. The largest absolute Gasteiger partial charge is 0.349 e. The molecule has 3 N–H and O–H groups in total. The minimum Gasteiger partial charge on any atom is -0.349 e. The van der Waals surface area contributed by atoms with Gasteiger partial charge in [-0.25, -0.2) is 4.98 Å². The number of fused-ring (bicyclic) bond motifs is 1. The molecular formula is C31H36N4O2.